The van der Waals surface area contributed by atoms with Crippen molar-refractivity contribution in [2.24, 2.45) is 0 Å². The fraction of sp³-hybridized carbons (Fsp3) is 0. The predicted molar refractivity (Wildman–Crippen MR) is 235 cm³/mol. The number of rotatable bonds is 7. The lowest BCUT2D eigenvalue weighted by Gasteiger charge is -2.29. The van der Waals surface area contributed by atoms with Crippen LogP contribution in [0.3, 0.4) is 0 Å². The van der Waals surface area contributed by atoms with Gasteiger partial charge in [-0.3, -0.25) is 0 Å². The Labute approximate surface area is 322 Å². The summed E-state index contributed by atoms with van der Waals surface area (Å²) < 4.78 is 0. The second kappa shape index (κ2) is 14.0. The van der Waals surface area contributed by atoms with Gasteiger partial charge in [-0.25, -0.2) is 0 Å². The lowest BCUT2D eigenvalue weighted by Crippen LogP contribution is -2.11. The molecule has 258 valence electrons. The summed E-state index contributed by atoms with van der Waals surface area (Å²) in [6.45, 7) is 0. The van der Waals surface area contributed by atoms with E-state index in [9.17, 15) is 0 Å². The van der Waals surface area contributed by atoms with Crippen molar-refractivity contribution in [1.29, 1.82) is 0 Å². The highest BCUT2D eigenvalue weighted by Crippen LogP contribution is 2.44. The van der Waals surface area contributed by atoms with Gasteiger partial charge >= 0.3 is 0 Å². The zero-order valence-electron chi connectivity index (χ0n) is 30.3. The average molecular weight is 700 g/mol. The Balaban J connectivity index is 1.14. The normalized spacial score (nSPS) is 11.3. The zero-order chi connectivity index (χ0) is 36.6. The minimum absolute atomic E-state index is 1.09. The topological polar surface area (TPSA) is 3.24 Å². The second-order valence-electron chi connectivity index (χ2n) is 14.1. The molecule has 1 heteroatoms. The molecule has 0 fully saturated rings. The first-order chi connectivity index (χ1) is 27.3. The van der Waals surface area contributed by atoms with Gasteiger partial charge in [0.1, 0.15) is 0 Å². The number of hydrogen-bond donors (Lipinski definition) is 0. The molecule has 0 aliphatic heterocycles. The van der Waals surface area contributed by atoms with E-state index in [2.05, 4.69) is 229 Å². The highest BCUT2D eigenvalue weighted by Gasteiger charge is 2.19. The van der Waals surface area contributed by atoms with Gasteiger partial charge in [0, 0.05) is 16.9 Å². The van der Waals surface area contributed by atoms with Crippen molar-refractivity contribution in [3.8, 4) is 44.5 Å². The maximum Gasteiger partial charge on any atom is 0.0546 e. The van der Waals surface area contributed by atoms with Crippen molar-refractivity contribution in [1.82, 2.24) is 0 Å². The predicted octanol–water partition coefficient (Wildman–Crippen LogP) is 15.3. The molecule has 10 rings (SSSR count). The maximum absolute atomic E-state index is 2.42. The van der Waals surface area contributed by atoms with E-state index in [1.165, 1.54) is 76.8 Å². The van der Waals surface area contributed by atoms with Crippen molar-refractivity contribution >= 4 is 49.4 Å². The van der Waals surface area contributed by atoms with E-state index < -0.39 is 0 Å². The van der Waals surface area contributed by atoms with Crippen molar-refractivity contribution in [2.45, 2.75) is 0 Å². The summed E-state index contributed by atoms with van der Waals surface area (Å²) >= 11 is 0. The van der Waals surface area contributed by atoms with Crippen LogP contribution in [0.15, 0.2) is 224 Å². The summed E-state index contributed by atoms with van der Waals surface area (Å²) in [5.41, 5.74) is 12.8. The van der Waals surface area contributed by atoms with E-state index in [1.807, 2.05) is 0 Å². The molecule has 0 spiro atoms. The fourth-order valence-corrected chi connectivity index (χ4v) is 8.07. The van der Waals surface area contributed by atoms with Crippen molar-refractivity contribution < 1.29 is 0 Å². The van der Waals surface area contributed by atoms with Crippen LogP contribution in [0.25, 0.3) is 76.8 Å². The summed E-state index contributed by atoms with van der Waals surface area (Å²) in [4.78, 5) is 2.42. The van der Waals surface area contributed by atoms with E-state index in [1.54, 1.807) is 0 Å². The first-order valence-electron chi connectivity index (χ1n) is 18.9. The molecule has 10 aromatic rings. The molecule has 0 saturated carbocycles. The van der Waals surface area contributed by atoms with Crippen LogP contribution in [-0.2, 0) is 0 Å². The van der Waals surface area contributed by atoms with Crippen LogP contribution < -0.4 is 4.90 Å². The highest BCUT2D eigenvalue weighted by atomic mass is 15.1. The molecule has 0 N–H and O–H groups in total. The summed E-state index contributed by atoms with van der Waals surface area (Å²) in [5.74, 6) is 0. The second-order valence-corrected chi connectivity index (χ2v) is 14.1. The monoisotopic (exact) mass is 699 g/mol. The third kappa shape index (κ3) is 6.12. The lowest BCUT2D eigenvalue weighted by atomic mass is 9.93. The molecule has 0 saturated heterocycles. The fourth-order valence-electron chi connectivity index (χ4n) is 8.07. The van der Waals surface area contributed by atoms with Crippen molar-refractivity contribution in [2.75, 3.05) is 4.90 Å². The largest absolute Gasteiger partial charge is 0.310 e. The maximum atomic E-state index is 2.42. The first kappa shape index (κ1) is 32.4. The Hall–Kier alpha value is -7.22. The Kier molecular flexibility index (Phi) is 8.24. The summed E-state index contributed by atoms with van der Waals surface area (Å²) in [5, 5.41) is 7.56. The minimum atomic E-state index is 1.09. The van der Waals surface area contributed by atoms with Gasteiger partial charge in [-0.2, -0.15) is 0 Å². The molecule has 1 nitrogen and oxygen atoms in total. The Morgan fingerprint density at radius 1 is 0.236 bits per heavy atom. The number of anilines is 3. The van der Waals surface area contributed by atoms with Crippen LogP contribution in [0, 0.1) is 0 Å². The van der Waals surface area contributed by atoms with E-state index in [4.69, 9.17) is 0 Å². The summed E-state index contributed by atoms with van der Waals surface area (Å²) in [6, 6.07) is 81.5. The van der Waals surface area contributed by atoms with Crippen LogP contribution in [0.1, 0.15) is 0 Å². The quantitative estimate of drug-likeness (QED) is 0.150. The molecule has 0 aromatic heterocycles. The summed E-state index contributed by atoms with van der Waals surface area (Å²) in [7, 11) is 0. The van der Waals surface area contributed by atoms with Crippen LogP contribution in [0.2, 0.25) is 0 Å². The molecule has 0 amide bonds. The van der Waals surface area contributed by atoms with Crippen LogP contribution >= 0.6 is 0 Å². The van der Waals surface area contributed by atoms with Gasteiger partial charge in [-0.1, -0.05) is 182 Å². The summed E-state index contributed by atoms with van der Waals surface area (Å²) in [6.07, 6.45) is 0. The van der Waals surface area contributed by atoms with Gasteiger partial charge in [0.25, 0.3) is 0 Å². The number of hydrogen-bond acceptors (Lipinski definition) is 1. The zero-order valence-corrected chi connectivity index (χ0v) is 30.3. The number of benzene rings is 10. The third-order valence-electron chi connectivity index (χ3n) is 10.8. The van der Waals surface area contributed by atoms with Gasteiger partial charge in [-0.15, -0.1) is 0 Å². The number of fused-ring (bicyclic) bond motifs is 4. The van der Waals surface area contributed by atoms with Gasteiger partial charge < -0.3 is 4.90 Å². The molecule has 0 radical (unpaired) electrons. The molecule has 0 aliphatic rings. The van der Waals surface area contributed by atoms with Crippen LogP contribution in [0.4, 0.5) is 17.1 Å². The molecule has 10 aromatic carbocycles. The SMILES string of the molecule is c1ccc(-c2ccc(-c3ccccc3)c(N(c3ccc(-c4ccc5ccccc5c4)cc3)c3ccc(-c4cc5ccccc5c5ccccc45)cc3)c2)cc1. The standard InChI is InChI=1S/C54H37N/c1-3-13-38(14-4-1)45-29-34-50(41-16-5-2-6-17-41)54(37-45)55(47-30-25-40(26-31-47)44-24-23-39-15-7-8-18-43(39)35-44)48-32-27-42(28-33-48)53-36-46-19-9-10-20-49(46)51-21-11-12-22-52(51)53/h1-37H. The van der Waals surface area contributed by atoms with Crippen LogP contribution in [-0.4, -0.2) is 0 Å². The van der Waals surface area contributed by atoms with Gasteiger partial charge in [-0.05, 0) is 114 Å². The van der Waals surface area contributed by atoms with E-state index in [0.717, 1.165) is 17.1 Å². The molecule has 0 unspecified atom stereocenters. The van der Waals surface area contributed by atoms with Crippen molar-refractivity contribution in [3.63, 3.8) is 0 Å². The Morgan fingerprint density at radius 2 is 0.709 bits per heavy atom. The van der Waals surface area contributed by atoms with Crippen LogP contribution in [0.5, 0.6) is 0 Å². The Morgan fingerprint density at radius 3 is 1.42 bits per heavy atom. The highest BCUT2D eigenvalue weighted by molar-refractivity contribution is 6.13. The Bertz CT molecular complexity index is 2950. The van der Waals surface area contributed by atoms with E-state index >= 15 is 0 Å². The minimum Gasteiger partial charge on any atom is -0.310 e. The number of nitrogens with zero attached hydrogens (tertiary/aromatic N) is 1. The van der Waals surface area contributed by atoms with Gasteiger partial charge in [0.2, 0.25) is 0 Å². The van der Waals surface area contributed by atoms with E-state index in [0.29, 0.717) is 0 Å². The molecule has 0 heterocycles. The van der Waals surface area contributed by atoms with E-state index in [-0.39, 0.29) is 0 Å². The van der Waals surface area contributed by atoms with Gasteiger partial charge in [0.05, 0.1) is 5.69 Å². The lowest BCUT2D eigenvalue weighted by molar-refractivity contribution is 1.28. The smallest absolute Gasteiger partial charge is 0.0546 e. The molecule has 0 aliphatic carbocycles. The molecular formula is C54H37N. The third-order valence-corrected chi connectivity index (χ3v) is 10.8. The van der Waals surface area contributed by atoms with Crippen molar-refractivity contribution in [3.05, 3.63) is 224 Å². The van der Waals surface area contributed by atoms with Gasteiger partial charge in [0.15, 0.2) is 0 Å². The molecule has 0 atom stereocenters. The molecular weight excluding hydrogens is 663 g/mol. The first-order valence-corrected chi connectivity index (χ1v) is 18.9. The molecule has 55 heavy (non-hydrogen) atoms. The molecule has 0 bridgehead atoms. The average Bonchev–Trinajstić information content (AvgIpc) is 3.27.